The van der Waals surface area contributed by atoms with E-state index in [1.54, 1.807) is 25.3 Å². The predicted octanol–water partition coefficient (Wildman–Crippen LogP) is 2.09. The summed E-state index contributed by atoms with van der Waals surface area (Å²) in [4.78, 5) is 11.4. The molecule has 0 saturated heterocycles. The second-order valence-corrected chi connectivity index (χ2v) is 3.68. The van der Waals surface area contributed by atoms with Gasteiger partial charge in [0.2, 0.25) is 0 Å². The SMILES string of the molecule is COC(=O)C(C#N)=Cc1ccc(OC)c(C)c1OC. The minimum absolute atomic E-state index is 0.0923. The van der Waals surface area contributed by atoms with E-state index in [4.69, 9.17) is 14.7 Å². The summed E-state index contributed by atoms with van der Waals surface area (Å²) in [6.07, 6.45) is 1.43. The van der Waals surface area contributed by atoms with Gasteiger partial charge in [-0.3, -0.25) is 0 Å². The Morgan fingerprint density at radius 1 is 1.26 bits per heavy atom. The fourth-order valence-electron chi connectivity index (χ4n) is 1.70. The second-order valence-electron chi connectivity index (χ2n) is 3.68. The van der Waals surface area contributed by atoms with Crippen molar-refractivity contribution in [2.75, 3.05) is 21.3 Å². The molecule has 0 saturated carbocycles. The monoisotopic (exact) mass is 261 g/mol. The maximum atomic E-state index is 11.4. The molecule has 0 N–H and O–H groups in total. The highest BCUT2D eigenvalue weighted by Crippen LogP contribution is 2.32. The lowest BCUT2D eigenvalue weighted by molar-refractivity contribution is -0.135. The number of nitrogens with zero attached hydrogens (tertiary/aromatic N) is 1. The zero-order chi connectivity index (χ0) is 14.4. The van der Waals surface area contributed by atoms with Crippen LogP contribution in [0.3, 0.4) is 0 Å². The zero-order valence-corrected chi connectivity index (χ0v) is 11.3. The molecule has 0 spiro atoms. The Hall–Kier alpha value is -2.48. The van der Waals surface area contributed by atoms with Crippen LogP contribution in [-0.2, 0) is 9.53 Å². The quantitative estimate of drug-likeness (QED) is 0.471. The first-order chi connectivity index (χ1) is 9.08. The van der Waals surface area contributed by atoms with Crippen LogP contribution in [0.1, 0.15) is 11.1 Å². The van der Waals surface area contributed by atoms with E-state index in [1.807, 2.05) is 6.92 Å². The van der Waals surface area contributed by atoms with Crippen LogP contribution in [0.2, 0.25) is 0 Å². The Balaban J connectivity index is 3.36. The molecule has 0 aliphatic carbocycles. The van der Waals surface area contributed by atoms with Crippen LogP contribution in [-0.4, -0.2) is 27.3 Å². The minimum atomic E-state index is -0.682. The molecular weight excluding hydrogens is 246 g/mol. The molecule has 0 radical (unpaired) electrons. The molecule has 0 aromatic heterocycles. The molecule has 100 valence electrons. The van der Waals surface area contributed by atoms with Gasteiger partial charge in [0, 0.05) is 11.1 Å². The van der Waals surface area contributed by atoms with E-state index in [0.29, 0.717) is 17.1 Å². The fraction of sp³-hybridized carbons (Fsp3) is 0.286. The van der Waals surface area contributed by atoms with Gasteiger partial charge in [-0.1, -0.05) is 0 Å². The molecule has 0 amide bonds. The van der Waals surface area contributed by atoms with Crippen LogP contribution in [0.5, 0.6) is 11.5 Å². The van der Waals surface area contributed by atoms with Crippen molar-refractivity contribution in [2.24, 2.45) is 0 Å². The van der Waals surface area contributed by atoms with Crippen molar-refractivity contribution in [2.45, 2.75) is 6.92 Å². The molecule has 0 heterocycles. The molecule has 0 aliphatic rings. The average Bonchev–Trinajstić information content (AvgIpc) is 2.44. The second kappa shape index (κ2) is 6.45. The molecule has 0 bridgehead atoms. The van der Waals surface area contributed by atoms with Crippen LogP contribution in [0.25, 0.3) is 6.08 Å². The summed E-state index contributed by atoms with van der Waals surface area (Å²) in [5, 5.41) is 8.94. The van der Waals surface area contributed by atoms with Gasteiger partial charge in [0.1, 0.15) is 23.1 Å². The van der Waals surface area contributed by atoms with E-state index in [1.165, 1.54) is 20.3 Å². The number of benzene rings is 1. The number of methoxy groups -OCH3 is 3. The molecule has 5 nitrogen and oxygen atoms in total. The Kier molecular flexibility index (Phi) is 4.95. The van der Waals surface area contributed by atoms with Gasteiger partial charge in [-0.05, 0) is 25.1 Å². The molecule has 1 aromatic rings. The van der Waals surface area contributed by atoms with E-state index in [9.17, 15) is 4.79 Å². The van der Waals surface area contributed by atoms with Crippen LogP contribution in [0.4, 0.5) is 0 Å². The lowest BCUT2D eigenvalue weighted by atomic mass is 10.1. The predicted molar refractivity (Wildman–Crippen MR) is 69.9 cm³/mol. The Morgan fingerprint density at radius 3 is 2.42 bits per heavy atom. The number of carbonyl (C=O) groups is 1. The number of ether oxygens (including phenoxy) is 3. The molecule has 0 unspecified atom stereocenters. The van der Waals surface area contributed by atoms with Crippen molar-refractivity contribution in [3.05, 3.63) is 28.8 Å². The van der Waals surface area contributed by atoms with E-state index in [0.717, 1.165) is 5.56 Å². The third kappa shape index (κ3) is 3.05. The molecule has 0 fully saturated rings. The van der Waals surface area contributed by atoms with Crippen LogP contribution < -0.4 is 9.47 Å². The molecule has 0 aliphatic heterocycles. The summed E-state index contributed by atoms with van der Waals surface area (Å²) in [6.45, 7) is 1.83. The molecular formula is C14H15NO4. The smallest absolute Gasteiger partial charge is 0.348 e. The summed E-state index contributed by atoms with van der Waals surface area (Å²) in [6, 6.07) is 5.26. The summed E-state index contributed by atoms with van der Waals surface area (Å²) >= 11 is 0. The zero-order valence-electron chi connectivity index (χ0n) is 11.3. The molecule has 1 aromatic carbocycles. The lowest BCUT2D eigenvalue weighted by Gasteiger charge is -2.12. The normalized spacial score (nSPS) is 10.6. The maximum absolute atomic E-state index is 11.4. The van der Waals surface area contributed by atoms with Crippen molar-refractivity contribution < 1.29 is 19.0 Å². The molecule has 0 atom stereocenters. The average molecular weight is 261 g/mol. The van der Waals surface area contributed by atoms with Crippen molar-refractivity contribution in [1.29, 1.82) is 5.26 Å². The first-order valence-corrected chi connectivity index (χ1v) is 5.50. The Morgan fingerprint density at radius 2 is 1.95 bits per heavy atom. The number of hydrogen-bond acceptors (Lipinski definition) is 5. The highest BCUT2D eigenvalue weighted by Gasteiger charge is 2.13. The van der Waals surface area contributed by atoms with Gasteiger partial charge in [0.05, 0.1) is 21.3 Å². The number of rotatable bonds is 4. The summed E-state index contributed by atoms with van der Waals surface area (Å²) < 4.78 is 15.0. The van der Waals surface area contributed by atoms with Gasteiger partial charge in [0.15, 0.2) is 0 Å². The van der Waals surface area contributed by atoms with Crippen molar-refractivity contribution in [3.63, 3.8) is 0 Å². The van der Waals surface area contributed by atoms with Crippen molar-refractivity contribution >= 4 is 12.0 Å². The lowest BCUT2D eigenvalue weighted by Crippen LogP contribution is -2.03. The van der Waals surface area contributed by atoms with Gasteiger partial charge < -0.3 is 14.2 Å². The van der Waals surface area contributed by atoms with Gasteiger partial charge in [0.25, 0.3) is 0 Å². The van der Waals surface area contributed by atoms with Crippen molar-refractivity contribution in [3.8, 4) is 17.6 Å². The minimum Gasteiger partial charge on any atom is -0.496 e. The highest BCUT2D eigenvalue weighted by atomic mass is 16.5. The summed E-state index contributed by atoms with van der Waals surface area (Å²) in [5.74, 6) is 0.541. The third-order valence-electron chi connectivity index (χ3n) is 2.64. The highest BCUT2D eigenvalue weighted by molar-refractivity contribution is 5.98. The van der Waals surface area contributed by atoms with Crippen LogP contribution in [0, 0.1) is 18.3 Å². The van der Waals surface area contributed by atoms with Crippen LogP contribution >= 0.6 is 0 Å². The Labute approximate surface area is 112 Å². The number of carbonyl (C=O) groups excluding carboxylic acids is 1. The van der Waals surface area contributed by atoms with E-state index in [-0.39, 0.29) is 5.57 Å². The largest absolute Gasteiger partial charge is 0.496 e. The van der Waals surface area contributed by atoms with Gasteiger partial charge in [-0.2, -0.15) is 5.26 Å². The summed E-state index contributed by atoms with van der Waals surface area (Å²) in [7, 11) is 4.31. The molecule has 19 heavy (non-hydrogen) atoms. The van der Waals surface area contributed by atoms with E-state index in [2.05, 4.69) is 4.74 Å². The van der Waals surface area contributed by atoms with E-state index >= 15 is 0 Å². The number of hydrogen-bond donors (Lipinski definition) is 0. The number of nitriles is 1. The van der Waals surface area contributed by atoms with Gasteiger partial charge in [-0.25, -0.2) is 4.79 Å². The van der Waals surface area contributed by atoms with Crippen LogP contribution in [0.15, 0.2) is 17.7 Å². The van der Waals surface area contributed by atoms with Crippen molar-refractivity contribution in [1.82, 2.24) is 0 Å². The molecule has 5 heteroatoms. The van der Waals surface area contributed by atoms with E-state index < -0.39 is 5.97 Å². The third-order valence-corrected chi connectivity index (χ3v) is 2.64. The standard InChI is InChI=1S/C14H15NO4/c1-9-12(17-2)6-5-10(13(9)18-3)7-11(8-15)14(16)19-4/h5-7H,1-4H3. The fourth-order valence-corrected chi connectivity index (χ4v) is 1.70. The maximum Gasteiger partial charge on any atom is 0.348 e. The first-order valence-electron chi connectivity index (χ1n) is 5.50. The summed E-state index contributed by atoms with van der Waals surface area (Å²) in [5.41, 5.74) is 1.31. The first kappa shape index (κ1) is 14.6. The Bertz CT molecular complexity index is 555. The van der Waals surface area contributed by atoms with Gasteiger partial charge >= 0.3 is 5.97 Å². The van der Waals surface area contributed by atoms with Gasteiger partial charge in [-0.15, -0.1) is 0 Å². The number of esters is 1. The molecule has 1 rings (SSSR count). The topological polar surface area (TPSA) is 68.6 Å².